The Morgan fingerprint density at radius 3 is 2.76 bits per heavy atom. The molecule has 0 fully saturated rings. The molecule has 1 aliphatic rings. The van der Waals surface area contributed by atoms with E-state index in [1.165, 1.54) is 16.9 Å². The van der Waals surface area contributed by atoms with Crippen LogP contribution in [-0.4, -0.2) is 18.3 Å². The van der Waals surface area contributed by atoms with Gasteiger partial charge in [-0.15, -0.1) is 11.8 Å². The molecule has 17 heavy (non-hydrogen) atoms. The van der Waals surface area contributed by atoms with E-state index in [2.05, 4.69) is 50.4 Å². The Kier molecular flexibility index (Phi) is 4.52. The van der Waals surface area contributed by atoms with E-state index in [1.807, 2.05) is 11.8 Å². The summed E-state index contributed by atoms with van der Waals surface area (Å²) in [5.74, 6) is 1.54. The minimum Gasteiger partial charge on any atom is -0.315 e. The first kappa shape index (κ1) is 13.0. The lowest BCUT2D eigenvalue weighted by Crippen LogP contribution is -2.30. The molecule has 1 aromatic carbocycles. The normalized spacial score (nSPS) is 20.6. The maximum atomic E-state index is 3.62. The Labute approximate surface area is 109 Å². The van der Waals surface area contributed by atoms with Crippen LogP contribution in [0.3, 0.4) is 0 Å². The van der Waals surface area contributed by atoms with Gasteiger partial charge < -0.3 is 5.32 Å². The minimum atomic E-state index is 0.728. The Bertz CT molecular complexity index is 337. The van der Waals surface area contributed by atoms with Crippen molar-refractivity contribution in [1.29, 1.82) is 0 Å². The molecule has 1 heterocycles. The lowest BCUT2D eigenvalue weighted by molar-refractivity contribution is 0.393. The van der Waals surface area contributed by atoms with Crippen LogP contribution in [0.4, 0.5) is 0 Å². The topological polar surface area (TPSA) is 12.0 Å². The summed E-state index contributed by atoms with van der Waals surface area (Å²) in [6.07, 6.45) is 1.23. The smallest absolute Gasteiger partial charge is 0.0260 e. The zero-order chi connectivity index (χ0) is 12.3. The molecular weight excluding hydrogens is 226 g/mol. The van der Waals surface area contributed by atoms with Crippen LogP contribution in [-0.2, 0) is 6.42 Å². The van der Waals surface area contributed by atoms with E-state index in [1.54, 1.807) is 0 Å². The van der Waals surface area contributed by atoms with Gasteiger partial charge in [0.25, 0.3) is 0 Å². The Morgan fingerprint density at radius 2 is 2.06 bits per heavy atom. The standard InChI is InChI=1S/C15H23NS/c1-11(2)12(3)9-16-10-14-8-13-6-4-5-7-15(13)17-14/h4-7,11-12,14,16H,8-10H2,1-3H3. The number of nitrogens with one attached hydrogen (secondary N) is 1. The molecular formula is C15H23NS. The summed E-state index contributed by atoms with van der Waals surface area (Å²) in [4.78, 5) is 1.48. The molecule has 2 heteroatoms. The number of rotatable bonds is 5. The van der Waals surface area contributed by atoms with Gasteiger partial charge in [-0.1, -0.05) is 39.0 Å². The van der Waals surface area contributed by atoms with Gasteiger partial charge >= 0.3 is 0 Å². The molecule has 2 atom stereocenters. The van der Waals surface area contributed by atoms with Crippen LogP contribution >= 0.6 is 11.8 Å². The first-order valence-corrected chi connectivity index (χ1v) is 7.50. The lowest BCUT2D eigenvalue weighted by atomic mass is 9.98. The second-order valence-electron chi connectivity index (χ2n) is 5.43. The van der Waals surface area contributed by atoms with Gasteiger partial charge in [-0.2, -0.15) is 0 Å². The fourth-order valence-electron chi connectivity index (χ4n) is 2.08. The molecule has 94 valence electrons. The van der Waals surface area contributed by atoms with Crippen molar-refractivity contribution in [3.63, 3.8) is 0 Å². The number of benzene rings is 1. The number of thioether (sulfide) groups is 1. The highest BCUT2D eigenvalue weighted by Crippen LogP contribution is 2.36. The summed E-state index contributed by atoms with van der Waals surface area (Å²) in [7, 11) is 0. The van der Waals surface area contributed by atoms with Crippen molar-refractivity contribution in [1.82, 2.24) is 5.32 Å². The predicted molar refractivity (Wildman–Crippen MR) is 76.7 cm³/mol. The maximum Gasteiger partial charge on any atom is 0.0260 e. The van der Waals surface area contributed by atoms with Crippen LogP contribution < -0.4 is 5.32 Å². The lowest BCUT2D eigenvalue weighted by Gasteiger charge is -2.17. The number of hydrogen-bond donors (Lipinski definition) is 1. The van der Waals surface area contributed by atoms with Gasteiger partial charge in [0.1, 0.15) is 0 Å². The van der Waals surface area contributed by atoms with Crippen LogP contribution in [0.5, 0.6) is 0 Å². The molecule has 0 radical (unpaired) electrons. The summed E-state index contributed by atoms with van der Waals surface area (Å²) < 4.78 is 0. The monoisotopic (exact) mass is 249 g/mol. The molecule has 2 unspecified atom stereocenters. The van der Waals surface area contributed by atoms with E-state index in [-0.39, 0.29) is 0 Å². The summed E-state index contributed by atoms with van der Waals surface area (Å²) >= 11 is 2.03. The second kappa shape index (κ2) is 5.92. The maximum absolute atomic E-state index is 3.62. The van der Waals surface area contributed by atoms with Gasteiger partial charge in [0.2, 0.25) is 0 Å². The van der Waals surface area contributed by atoms with Crippen molar-refractivity contribution < 1.29 is 0 Å². The Hall–Kier alpha value is -0.470. The molecule has 0 spiro atoms. The molecule has 2 rings (SSSR count). The largest absolute Gasteiger partial charge is 0.315 e. The van der Waals surface area contributed by atoms with Gasteiger partial charge in [-0.25, -0.2) is 0 Å². The van der Waals surface area contributed by atoms with E-state index in [0.29, 0.717) is 0 Å². The number of fused-ring (bicyclic) bond motifs is 1. The molecule has 1 aliphatic heterocycles. The van der Waals surface area contributed by atoms with Crippen LogP contribution in [0.1, 0.15) is 26.3 Å². The zero-order valence-electron chi connectivity index (χ0n) is 11.1. The van der Waals surface area contributed by atoms with Crippen molar-refractivity contribution in [2.24, 2.45) is 11.8 Å². The molecule has 0 aliphatic carbocycles. The summed E-state index contributed by atoms with van der Waals surface area (Å²) in [5.41, 5.74) is 1.53. The predicted octanol–water partition coefficient (Wildman–Crippen LogP) is 3.59. The van der Waals surface area contributed by atoms with Gasteiger partial charge in [-0.3, -0.25) is 0 Å². The highest BCUT2D eigenvalue weighted by molar-refractivity contribution is 8.00. The molecule has 1 nitrogen and oxygen atoms in total. The van der Waals surface area contributed by atoms with Crippen molar-refractivity contribution in [2.75, 3.05) is 13.1 Å². The van der Waals surface area contributed by atoms with E-state index in [0.717, 1.165) is 30.2 Å². The first-order chi connectivity index (χ1) is 8.16. The molecule has 0 saturated carbocycles. The summed E-state index contributed by atoms with van der Waals surface area (Å²) in [6.45, 7) is 9.20. The van der Waals surface area contributed by atoms with E-state index in [4.69, 9.17) is 0 Å². The van der Waals surface area contributed by atoms with Crippen molar-refractivity contribution in [2.45, 2.75) is 37.3 Å². The summed E-state index contributed by atoms with van der Waals surface area (Å²) in [6, 6.07) is 8.80. The van der Waals surface area contributed by atoms with Gasteiger partial charge in [0.15, 0.2) is 0 Å². The average Bonchev–Trinajstić information content (AvgIpc) is 2.71. The molecule has 0 aromatic heterocycles. The fourth-order valence-corrected chi connectivity index (χ4v) is 3.36. The van der Waals surface area contributed by atoms with Gasteiger partial charge in [0, 0.05) is 16.7 Å². The average molecular weight is 249 g/mol. The molecule has 0 bridgehead atoms. The van der Waals surface area contributed by atoms with Crippen LogP contribution in [0.25, 0.3) is 0 Å². The highest BCUT2D eigenvalue weighted by atomic mass is 32.2. The minimum absolute atomic E-state index is 0.728. The van der Waals surface area contributed by atoms with Gasteiger partial charge in [0.05, 0.1) is 0 Å². The van der Waals surface area contributed by atoms with Crippen LogP contribution in [0.2, 0.25) is 0 Å². The van der Waals surface area contributed by atoms with E-state index >= 15 is 0 Å². The van der Waals surface area contributed by atoms with Crippen LogP contribution in [0, 0.1) is 11.8 Å². The quantitative estimate of drug-likeness (QED) is 0.856. The van der Waals surface area contributed by atoms with Crippen molar-refractivity contribution >= 4 is 11.8 Å². The van der Waals surface area contributed by atoms with E-state index in [9.17, 15) is 0 Å². The molecule has 1 N–H and O–H groups in total. The third-order valence-electron chi connectivity index (χ3n) is 3.69. The highest BCUT2D eigenvalue weighted by Gasteiger charge is 2.21. The Balaban J connectivity index is 1.73. The number of hydrogen-bond acceptors (Lipinski definition) is 2. The zero-order valence-corrected chi connectivity index (χ0v) is 11.9. The van der Waals surface area contributed by atoms with Crippen molar-refractivity contribution in [3.8, 4) is 0 Å². The van der Waals surface area contributed by atoms with Crippen molar-refractivity contribution in [3.05, 3.63) is 29.8 Å². The molecule has 0 amide bonds. The second-order valence-corrected chi connectivity index (χ2v) is 6.77. The fraction of sp³-hybridized carbons (Fsp3) is 0.600. The third-order valence-corrected chi connectivity index (χ3v) is 5.01. The van der Waals surface area contributed by atoms with Crippen LogP contribution in [0.15, 0.2) is 29.2 Å². The third kappa shape index (κ3) is 3.49. The first-order valence-electron chi connectivity index (χ1n) is 6.62. The van der Waals surface area contributed by atoms with Gasteiger partial charge in [-0.05, 0) is 36.4 Å². The Morgan fingerprint density at radius 1 is 1.29 bits per heavy atom. The summed E-state index contributed by atoms with van der Waals surface area (Å²) in [5, 5.41) is 4.35. The molecule has 1 aromatic rings. The molecule has 0 saturated heterocycles. The SMILES string of the molecule is CC(C)C(C)CNCC1Cc2ccccc2S1. The van der Waals surface area contributed by atoms with E-state index < -0.39 is 0 Å².